The average Bonchev–Trinajstić information content (AvgIpc) is 2.66. The lowest BCUT2D eigenvalue weighted by atomic mass is 10.2. The fourth-order valence-electron chi connectivity index (χ4n) is 1.24. The van der Waals surface area contributed by atoms with Crippen molar-refractivity contribution in [1.29, 1.82) is 0 Å². The van der Waals surface area contributed by atoms with E-state index in [1.807, 2.05) is 24.3 Å². The molecule has 6 nitrogen and oxygen atoms in total. The fraction of sp³-hybridized carbons (Fsp3) is 0.111. The minimum Gasteiger partial charge on any atom is -0.274 e. The largest absolute Gasteiger partial charge is 0.274 e. The molecule has 0 spiro atoms. The topological polar surface area (TPSA) is 72.7 Å². The molecule has 0 aliphatic rings. The number of rotatable bonds is 2. The lowest BCUT2D eigenvalue weighted by molar-refractivity contribution is -0.115. The Morgan fingerprint density at radius 2 is 2.19 bits per heavy atom. The number of carbonyl (C=O) groups excluding carboxylic acids is 1. The van der Waals surface area contributed by atoms with Gasteiger partial charge in [-0.3, -0.25) is 4.79 Å². The van der Waals surface area contributed by atoms with E-state index in [1.165, 1.54) is 11.7 Å². The maximum absolute atomic E-state index is 10.9. The first kappa shape index (κ1) is 10.6. The minimum atomic E-state index is -0.245. The molecule has 0 fully saturated rings. The van der Waals surface area contributed by atoms with Gasteiger partial charge < -0.3 is 0 Å². The molecule has 82 valence electrons. The van der Waals surface area contributed by atoms with E-state index in [4.69, 9.17) is 0 Å². The van der Waals surface area contributed by atoms with Crippen molar-refractivity contribution < 1.29 is 4.79 Å². The quantitative estimate of drug-likeness (QED) is 0.752. The molecule has 0 aliphatic carbocycles. The summed E-state index contributed by atoms with van der Waals surface area (Å²) in [5.74, 6) is 0.200. The van der Waals surface area contributed by atoms with Crippen LogP contribution in [0.2, 0.25) is 0 Å². The van der Waals surface area contributed by atoms with Gasteiger partial charge in [0, 0.05) is 17.4 Å². The lowest BCUT2D eigenvalue weighted by Crippen LogP contribution is -2.22. The second-order valence-electron chi connectivity index (χ2n) is 3.10. The fourth-order valence-corrected chi connectivity index (χ4v) is 1.50. The molecule has 0 unspecified atom stereocenters. The summed E-state index contributed by atoms with van der Waals surface area (Å²) in [5.41, 5.74) is 3.24. The molecule has 0 aliphatic heterocycles. The van der Waals surface area contributed by atoms with Crippen LogP contribution in [0.15, 0.2) is 29.2 Å². The first-order valence-corrected chi connectivity index (χ1v) is 4.97. The van der Waals surface area contributed by atoms with Crippen LogP contribution in [0.5, 0.6) is 0 Å². The van der Waals surface area contributed by atoms with Crippen LogP contribution in [-0.2, 0) is 4.79 Å². The number of amides is 1. The van der Waals surface area contributed by atoms with Crippen LogP contribution in [0.1, 0.15) is 6.92 Å². The van der Waals surface area contributed by atoms with Crippen LogP contribution in [0, 0.1) is 0 Å². The van der Waals surface area contributed by atoms with E-state index in [-0.39, 0.29) is 5.91 Å². The van der Waals surface area contributed by atoms with Crippen molar-refractivity contribution in [2.45, 2.75) is 11.8 Å². The van der Waals surface area contributed by atoms with Gasteiger partial charge in [0.05, 0.1) is 0 Å². The number of hydrogen-bond acceptors (Lipinski definition) is 5. The Balaban J connectivity index is 2.45. The Bertz CT molecular complexity index is 524. The van der Waals surface area contributed by atoms with E-state index in [2.05, 4.69) is 33.6 Å². The van der Waals surface area contributed by atoms with Crippen molar-refractivity contribution in [3.63, 3.8) is 0 Å². The predicted octanol–water partition coefficient (Wildman–Crippen LogP) is 0.719. The van der Waals surface area contributed by atoms with Gasteiger partial charge in [0.1, 0.15) is 0 Å². The van der Waals surface area contributed by atoms with Gasteiger partial charge in [0.2, 0.25) is 11.7 Å². The molecule has 0 bridgehead atoms. The molecule has 0 saturated heterocycles. The van der Waals surface area contributed by atoms with Crippen LogP contribution >= 0.6 is 12.6 Å². The number of carbonyl (C=O) groups is 1. The van der Waals surface area contributed by atoms with Gasteiger partial charge in [0.15, 0.2) is 0 Å². The highest BCUT2D eigenvalue weighted by Crippen LogP contribution is 2.22. The van der Waals surface area contributed by atoms with Gasteiger partial charge in [-0.05, 0) is 22.6 Å². The van der Waals surface area contributed by atoms with Crippen LogP contribution in [0.3, 0.4) is 0 Å². The SMILES string of the molecule is CC(=O)Nn1nnnc1-c1ccccc1S. The molecule has 16 heavy (non-hydrogen) atoms. The maximum atomic E-state index is 10.9. The first-order valence-electron chi connectivity index (χ1n) is 4.53. The summed E-state index contributed by atoms with van der Waals surface area (Å²) >= 11 is 4.30. The molecule has 0 atom stereocenters. The number of aromatic nitrogens is 4. The van der Waals surface area contributed by atoms with E-state index < -0.39 is 0 Å². The third kappa shape index (κ3) is 2.03. The second-order valence-corrected chi connectivity index (χ2v) is 3.58. The molecule has 1 heterocycles. The van der Waals surface area contributed by atoms with Crippen molar-refractivity contribution in [1.82, 2.24) is 20.3 Å². The Morgan fingerprint density at radius 3 is 2.88 bits per heavy atom. The molecule has 7 heteroatoms. The summed E-state index contributed by atoms with van der Waals surface area (Å²) in [6.07, 6.45) is 0. The van der Waals surface area contributed by atoms with Crippen molar-refractivity contribution in [3.8, 4) is 11.4 Å². The van der Waals surface area contributed by atoms with Gasteiger partial charge in [-0.2, -0.15) is 0 Å². The van der Waals surface area contributed by atoms with E-state index in [1.54, 1.807) is 0 Å². The van der Waals surface area contributed by atoms with Gasteiger partial charge >= 0.3 is 0 Å². The highest BCUT2D eigenvalue weighted by atomic mass is 32.1. The lowest BCUT2D eigenvalue weighted by Gasteiger charge is -2.05. The van der Waals surface area contributed by atoms with Crippen molar-refractivity contribution in [2.24, 2.45) is 0 Å². The third-order valence-electron chi connectivity index (χ3n) is 1.88. The summed E-state index contributed by atoms with van der Waals surface area (Å²) in [4.78, 5) is 12.9. The highest BCUT2D eigenvalue weighted by molar-refractivity contribution is 7.80. The van der Waals surface area contributed by atoms with Gasteiger partial charge in [0.25, 0.3) is 0 Å². The molecule has 1 aromatic carbocycles. The van der Waals surface area contributed by atoms with Crippen molar-refractivity contribution >= 4 is 18.5 Å². The number of thiol groups is 1. The van der Waals surface area contributed by atoms with Crippen LogP contribution < -0.4 is 5.43 Å². The molecular formula is C9H9N5OS. The molecule has 0 radical (unpaired) electrons. The molecule has 2 rings (SSSR count). The average molecular weight is 235 g/mol. The first-order chi connectivity index (χ1) is 7.68. The minimum absolute atomic E-state index is 0.245. The zero-order valence-electron chi connectivity index (χ0n) is 8.45. The predicted molar refractivity (Wildman–Crippen MR) is 60.5 cm³/mol. The van der Waals surface area contributed by atoms with E-state index in [0.29, 0.717) is 5.82 Å². The standard InChI is InChI=1S/C9H9N5OS/c1-6(15)11-14-9(10-12-13-14)7-4-2-3-5-8(7)16/h2-5,16H,1H3,(H,11,15). The van der Waals surface area contributed by atoms with E-state index in [9.17, 15) is 4.79 Å². The summed E-state index contributed by atoms with van der Waals surface area (Å²) in [5, 5.41) is 11.0. The van der Waals surface area contributed by atoms with E-state index in [0.717, 1.165) is 10.5 Å². The number of hydrogen-bond donors (Lipinski definition) is 2. The molecule has 1 amide bonds. The summed E-state index contributed by atoms with van der Waals surface area (Å²) in [7, 11) is 0. The highest BCUT2D eigenvalue weighted by Gasteiger charge is 2.11. The normalized spacial score (nSPS) is 10.1. The summed E-state index contributed by atoms with van der Waals surface area (Å²) in [6, 6.07) is 7.36. The van der Waals surface area contributed by atoms with Crippen molar-refractivity contribution in [3.05, 3.63) is 24.3 Å². The monoisotopic (exact) mass is 235 g/mol. The Labute approximate surface area is 97.0 Å². The zero-order chi connectivity index (χ0) is 11.5. The van der Waals surface area contributed by atoms with Crippen molar-refractivity contribution in [2.75, 3.05) is 5.43 Å². The van der Waals surface area contributed by atoms with Gasteiger partial charge in [-0.15, -0.1) is 22.5 Å². The zero-order valence-corrected chi connectivity index (χ0v) is 9.35. The van der Waals surface area contributed by atoms with Crippen LogP contribution in [0.25, 0.3) is 11.4 Å². The number of nitrogens with zero attached hydrogens (tertiary/aromatic N) is 4. The smallest absolute Gasteiger partial charge is 0.237 e. The van der Waals surface area contributed by atoms with Gasteiger partial charge in [-0.1, -0.05) is 12.1 Å². The van der Waals surface area contributed by atoms with E-state index >= 15 is 0 Å². The Hall–Kier alpha value is -1.89. The maximum Gasteiger partial charge on any atom is 0.237 e. The molecule has 1 N–H and O–H groups in total. The number of tetrazole rings is 1. The summed E-state index contributed by atoms with van der Waals surface area (Å²) in [6.45, 7) is 1.39. The summed E-state index contributed by atoms with van der Waals surface area (Å²) < 4.78 is 0. The van der Waals surface area contributed by atoms with Crippen LogP contribution in [-0.4, -0.2) is 26.2 Å². The third-order valence-corrected chi connectivity index (χ3v) is 2.27. The number of benzene rings is 1. The van der Waals surface area contributed by atoms with Gasteiger partial charge in [-0.25, -0.2) is 5.43 Å². The molecular weight excluding hydrogens is 226 g/mol. The Morgan fingerprint density at radius 1 is 1.44 bits per heavy atom. The molecule has 0 saturated carbocycles. The Kier molecular flexibility index (Phi) is 2.86. The molecule has 2 aromatic rings. The second kappa shape index (κ2) is 4.31. The number of nitrogens with one attached hydrogen (secondary N) is 1. The molecule has 1 aromatic heterocycles. The van der Waals surface area contributed by atoms with Crippen LogP contribution in [0.4, 0.5) is 0 Å².